The normalized spacial score (nSPS) is 16.4. The van der Waals surface area contributed by atoms with E-state index in [0.29, 0.717) is 5.75 Å². The number of hydrogen-bond donors (Lipinski definition) is 2. The lowest BCUT2D eigenvalue weighted by molar-refractivity contribution is 0.471. The van der Waals surface area contributed by atoms with Crippen molar-refractivity contribution in [1.29, 1.82) is 0 Å². The molecule has 1 fully saturated rings. The molecule has 0 radical (unpaired) electrons. The van der Waals surface area contributed by atoms with Crippen LogP contribution in [0.25, 0.3) is 0 Å². The van der Waals surface area contributed by atoms with Crippen LogP contribution in [0.15, 0.2) is 6.07 Å². The first-order valence-electron chi connectivity index (χ1n) is 4.77. The molecule has 1 heterocycles. The third kappa shape index (κ3) is 2.03. The first-order valence-corrected chi connectivity index (χ1v) is 5.59. The summed E-state index contributed by atoms with van der Waals surface area (Å²) in [7, 11) is 1.94. The number of hydrogen-bond acceptors (Lipinski definition) is 3. The van der Waals surface area contributed by atoms with Gasteiger partial charge in [-0.3, -0.25) is 0 Å². The highest BCUT2D eigenvalue weighted by Gasteiger charge is 2.26. The lowest BCUT2D eigenvalue weighted by atomic mass is 10.3. The molecule has 0 amide bonds. The van der Waals surface area contributed by atoms with E-state index in [1.165, 1.54) is 17.7 Å². The van der Waals surface area contributed by atoms with Gasteiger partial charge in [0.05, 0.1) is 0 Å². The molecule has 13 heavy (non-hydrogen) atoms. The smallest absolute Gasteiger partial charge is 0.129 e. The molecule has 0 aliphatic heterocycles. The highest BCUT2D eigenvalue weighted by Crippen LogP contribution is 2.45. The molecule has 1 aromatic rings. The van der Waals surface area contributed by atoms with Gasteiger partial charge >= 0.3 is 0 Å². The SMILES string of the molecule is CNCCc1sc(C2CC2)cc1O. The molecule has 1 aliphatic rings. The highest BCUT2D eigenvalue weighted by molar-refractivity contribution is 7.12. The van der Waals surface area contributed by atoms with Crippen LogP contribution >= 0.6 is 11.3 Å². The summed E-state index contributed by atoms with van der Waals surface area (Å²) in [5, 5.41) is 12.7. The number of nitrogens with one attached hydrogen (secondary N) is 1. The lowest BCUT2D eigenvalue weighted by Gasteiger charge is -1.96. The molecule has 2 rings (SSSR count). The minimum atomic E-state index is 0.502. The minimum absolute atomic E-state index is 0.502. The van der Waals surface area contributed by atoms with Crippen molar-refractivity contribution in [1.82, 2.24) is 5.32 Å². The molecule has 0 unspecified atom stereocenters. The molecule has 72 valence electrons. The Balaban J connectivity index is 2.06. The van der Waals surface area contributed by atoms with E-state index in [1.807, 2.05) is 13.1 Å². The summed E-state index contributed by atoms with van der Waals surface area (Å²) in [5.41, 5.74) is 0. The average molecular weight is 197 g/mol. The van der Waals surface area contributed by atoms with Crippen LogP contribution in [0.5, 0.6) is 5.75 Å². The Bertz CT molecular complexity index is 291. The molecular formula is C10H15NOS. The maximum atomic E-state index is 9.62. The van der Waals surface area contributed by atoms with E-state index >= 15 is 0 Å². The Morgan fingerprint density at radius 2 is 2.38 bits per heavy atom. The Kier molecular flexibility index (Phi) is 2.56. The van der Waals surface area contributed by atoms with E-state index in [-0.39, 0.29) is 0 Å². The minimum Gasteiger partial charge on any atom is -0.507 e. The molecule has 0 atom stereocenters. The first-order chi connectivity index (χ1) is 6.31. The van der Waals surface area contributed by atoms with Gasteiger partial charge in [0, 0.05) is 9.75 Å². The second kappa shape index (κ2) is 3.68. The summed E-state index contributed by atoms with van der Waals surface area (Å²) in [4.78, 5) is 2.51. The van der Waals surface area contributed by atoms with Gasteiger partial charge in [0.15, 0.2) is 0 Å². The molecule has 2 nitrogen and oxygen atoms in total. The van der Waals surface area contributed by atoms with Crippen LogP contribution in [-0.4, -0.2) is 18.7 Å². The summed E-state index contributed by atoms with van der Waals surface area (Å²) in [6, 6.07) is 1.95. The van der Waals surface area contributed by atoms with Crippen molar-refractivity contribution in [2.45, 2.75) is 25.2 Å². The lowest BCUT2D eigenvalue weighted by Crippen LogP contribution is -2.09. The summed E-state index contributed by atoms with van der Waals surface area (Å²) < 4.78 is 0. The van der Waals surface area contributed by atoms with Crippen molar-refractivity contribution in [3.8, 4) is 5.75 Å². The summed E-state index contributed by atoms with van der Waals surface area (Å²) >= 11 is 1.78. The van der Waals surface area contributed by atoms with Crippen LogP contribution in [-0.2, 0) is 6.42 Å². The van der Waals surface area contributed by atoms with Gasteiger partial charge in [-0.15, -0.1) is 11.3 Å². The monoisotopic (exact) mass is 197 g/mol. The van der Waals surface area contributed by atoms with E-state index in [1.54, 1.807) is 11.3 Å². The van der Waals surface area contributed by atoms with Crippen LogP contribution in [0.3, 0.4) is 0 Å². The van der Waals surface area contributed by atoms with Crippen LogP contribution in [0.1, 0.15) is 28.5 Å². The van der Waals surface area contributed by atoms with Gasteiger partial charge in [-0.1, -0.05) is 0 Å². The molecule has 1 aliphatic carbocycles. The van der Waals surface area contributed by atoms with Crippen molar-refractivity contribution < 1.29 is 5.11 Å². The summed E-state index contributed by atoms with van der Waals surface area (Å²) in [6.45, 7) is 0.943. The Hall–Kier alpha value is -0.540. The number of aromatic hydroxyl groups is 1. The molecule has 1 saturated carbocycles. The molecule has 1 aromatic heterocycles. The highest BCUT2D eigenvalue weighted by atomic mass is 32.1. The number of rotatable bonds is 4. The van der Waals surface area contributed by atoms with Gasteiger partial charge in [-0.2, -0.15) is 0 Å². The maximum Gasteiger partial charge on any atom is 0.129 e. The third-order valence-electron chi connectivity index (χ3n) is 2.39. The van der Waals surface area contributed by atoms with Gasteiger partial charge in [0.2, 0.25) is 0 Å². The average Bonchev–Trinajstić information content (AvgIpc) is 2.89. The van der Waals surface area contributed by atoms with Crippen molar-refractivity contribution >= 4 is 11.3 Å². The summed E-state index contributed by atoms with van der Waals surface area (Å²) in [6.07, 6.45) is 3.57. The van der Waals surface area contributed by atoms with Gasteiger partial charge in [-0.25, -0.2) is 0 Å². The molecule has 0 spiro atoms. The van der Waals surface area contributed by atoms with Crippen LogP contribution in [0.4, 0.5) is 0 Å². The van der Waals surface area contributed by atoms with Crippen LogP contribution in [0, 0.1) is 0 Å². The largest absolute Gasteiger partial charge is 0.507 e. The van der Waals surface area contributed by atoms with Gasteiger partial charge in [0.25, 0.3) is 0 Å². The number of thiophene rings is 1. The Labute approximate surface area is 82.6 Å². The molecule has 3 heteroatoms. The second-order valence-electron chi connectivity index (χ2n) is 3.59. The quantitative estimate of drug-likeness (QED) is 0.774. The zero-order valence-corrected chi connectivity index (χ0v) is 8.66. The zero-order chi connectivity index (χ0) is 9.26. The van der Waals surface area contributed by atoms with Crippen molar-refractivity contribution in [3.05, 3.63) is 15.8 Å². The van der Waals surface area contributed by atoms with E-state index in [0.717, 1.165) is 23.8 Å². The van der Waals surface area contributed by atoms with Crippen molar-refractivity contribution in [2.24, 2.45) is 0 Å². The van der Waals surface area contributed by atoms with E-state index in [2.05, 4.69) is 5.32 Å². The topological polar surface area (TPSA) is 32.3 Å². The van der Waals surface area contributed by atoms with Crippen LogP contribution < -0.4 is 5.32 Å². The molecule has 0 saturated heterocycles. The second-order valence-corrected chi connectivity index (χ2v) is 4.75. The zero-order valence-electron chi connectivity index (χ0n) is 7.84. The standard InChI is InChI=1S/C10H15NOS/c1-11-5-4-9-8(12)6-10(13-9)7-2-3-7/h6-7,11-12H,2-5H2,1H3. The third-order valence-corrected chi connectivity index (χ3v) is 3.73. The molecule has 0 bridgehead atoms. The Morgan fingerprint density at radius 1 is 1.62 bits per heavy atom. The van der Waals surface area contributed by atoms with Crippen molar-refractivity contribution in [2.75, 3.05) is 13.6 Å². The van der Waals surface area contributed by atoms with E-state index in [4.69, 9.17) is 0 Å². The molecule has 0 aromatic carbocycles. The predicted octanol–water partition coefficient (Wildman–Crippen LogP) is 2.09. The van der Waals surface area contributed by atoms with E-state index in [9.17, 15) is 5.11 Å². The number of likely N-dealkylation sites (N-methyl/N-ethyl adjacent to an activating group) is 1. The summed E-state index contributed by atoms with van der Waals surface area (Å²) in [5.74, 6) is 1.27. The fourth-order valence-electron chi connectivity index (χ4n) is 1.43. The molecular weight excluding hydrogens is 182 g/mol. The van der Waals surface area contributed by atoms with Gasteiger partial charge in [-0.05, 0) is 44.8 Å². The Morgan fingerprint density at radius 3 is 3.00 bits per heavy atom. The maximum absolute atomic E-state index is 9.62. The van der Waals surface area contributed by atoms with Gasteiger partial charge in [0.1, 0.15) is 5.75 Å². The first kappa shape index (κ1) is 9.03. The predicted molar refractivity (Wildman–Crippen MR) is 55.6 cm³/mol. The van der Waals surface area contributed by atoms with E-state index < -0.39 is 0 Å². The molecule has 2 N–H and O–H groups in total. The fraction of sp³-hybridized carbons (Fsp3) is 0.600. The van der Waals surface area contributed by atoms with Crippen LogP contribution in [0.2, 0.25) is 0 Å². The van der Waals surface area contributed by atoms with Gasteiger partial charge < -0.3 is 10.4 Å². The van der Waals surface area contributed by atoms with Crippen molar-refractivity contribution in [3.63, 3.8) is 0 Å². The fourth-order valence-corrected chi connectivity index (χ4v) is 2.65.